The number of hydrogen-bond donors (Lipinski definition) is 1. The summed E-state index contributed by atoms with van der Waals surface area (Å²) >= 11 is 4.45. The molecule has 0 spiro atoms. The van der Waals surface area contributed by atoms with Crippen LogP contribution in [0.5, 0.6) is 0 Å². The summed E-state index contributed by atoms with van der Waals surface area (Å²) in [4.78, 5) is 24.5. The molecule has 0 aliphatic heterocycles. The lowest BCUT2D eigenvalue weighted by atomic mass is 10.1. The van der Waals surface area contributed by atoms with Crippen molar-refractivity contribution in [3.8, 4) is 10.4 Å². The van der Waals surface area contributed by atoms with Crippen molar-refractivity contribution in [1.29, 1.82) is 0 Å². The van der Waals surface area contributed by atoms with Crippen LogP contribution < -0.4 is 5.32 Å². The molecule has 0 atom stereocenters. The zero-order valence-corrected chi connectivity index (χ0v) is 13.8. The Labute approximate surface area is 135 Å². The van der Waals surface area contributed by atoms with Crippen molar-refractivity contribution in [3.05, 3.63) is 42.0 Å². The highest BCUT2D eigenvalue weighted by Gasteiger charge is 2.19. The van der Waals surface area contributed by atoms with Gasteiger partial charge in [-0.15, -0.1) is 11.3 Å². The first-order valence-corrected chi connectivity index (χ1v) is 8.31. The van der Waals surface area contributed by atoms with E-state index in [9.17, 15) is 9.59 Å². The fourth-order valence-corrected chi connectivity index (χ4v) is 2.96. The van der Waals surface area contributed by atoms with E-state index in [1.54, 1.807) is 13.0 Å². The summed E-state index contributed by atoms with van der Waals surface area (Å²) in [5.41, 5.74) is 1.38. The largest absolute Gasteiger partial charge is 0.462 e. The van der Waals surface area contributed by atoms with Crippen molar-refractivity contribution in [1.82, 2.24) is 0 Å². The van der Waals surface area contributed by atoms with E-state index < -0.39 is 5.97 Å². The van der Waals surface area contributed by atoms with Crippen molar-refractivity contribution in [2.75, 3.05) is 17.3 Å². The second kappa shape index (κ2) is 7.38. The Bertz CT molecular complexity index is 640. The van der Waals surface area contributed by atoms with Crippen LogP contribution in [0.1, 0.15) is 17.3 Å². The molecular weight excluding hydrogens is 354 g/mol. The zero-order valence-electron chi connectivity index (χ0n) is 11.4. The SMILES string of the molecule is CCOC(=O)c1cc(-c2ccccc2)sc1NC(=O)CBr. The molecule has 0 aliphatic rings. The number of nitrogens with one attached hydrogen (secondary N) is 1. The Kier molecular flexibility index (Phi) is 5.52. The first-order chi connectivity index (χ1) is 10.2. The van der Waals surface area contributed by atoms with Crippen molar-refractivity contribution >= 4 is 44.1 Å². The van der Waals surface area contributed by atoms with Gasteiger partial charge in [0.1, 0.15) is 5.00 Å². The molecule has 1 aromatic heterocycles. The Hall–Kier alpha value is -1.66. The number of benzene rings is 1. The summed E-state index contributed by atoms with van der Waals surface area (Å²) in [5.74, 6) is -0.636. The van der Waals surface area contributed by atoms with Crippen LogP contribution >= 0.6 is 27.3 Å². The first-order valence-electron chi connectivity index (χ1n) is 6.38. The van der Waals surface area contributed by atoms with Gasteiger partial charge in [-0.05, 0) is 18.6 Å². The number of carbonyl (C=O) groups excluding carboxylic acids is 2. The Morgan fingerprint density at radius 2 is 2.00 bits per heavy atom. The van der Waals surface area contributed by atoms with E-state index in [-0.39, 0.29) is 11.2 Å². The average Bonchev–Trinajstić information content (AvgIpc) is 2.92. The number of carbonyl (C=O) groups is 2. The van der Waals surface area contributed by atoms with Gasteiger partial charge in [0.05, 0.1) is 17.5 Å². The maximum atomic E-state index is 12.0. The van der Waals surface area contributed by atoms with Gasteiger partial charge < -0.3 is 10.1 Å². The molecule has 1 N–H and O–H groups in total. The topological polar surface area (TPSA) is 55.4 Å². The van der Waals surface area contributed by atoms with Crippen molar-refractivity contribution in [2.24, 2.45) is 0 Å². The molecule has 21 heavy (non-hydrogen) atoms. The highest BCUT2D eigenvalue weighted by molar-refractivity contribution is 9.09. The van der Waals surface area contributed by atoms with Gasteiger partial charge in [0.2, 0.25) is 5.91 Å². The molecule has 110 valence electrons. The molecule has 1 amide bonds. The molecular formula is C15H14BrNO3S. The number of esters is 1. The average molecular weight is 368 g/mol. The number of ether oxygens (including phenoxy) is 1. The van der Waals surface area contributed by atoms with Crippen molar-refractivity contribution in [3.63, 3.8) is 0 Å². The van der Waals surface area contributed by atoms with E-state index in [2.05, 4.69) is 21.2 Å². The molecule has 2 aromatic rings. The third-order valence-electron chi connectivity index (χ3n) is 2.66. The van der Waals surface area contributed by atoms with Gasteiger partial charge in [-0.3, -0.25) is 4.79 Å². The minimum Gasteiger partial charge on any atom is -0.462 e. The number of anilines is 1. The predicted molar refractivity (Wildman–Crippen MR) is 88.1 cm³/mol. The normalized spacial score (nSPS) is 10.2. The van der Waals surface area contributed by atoms with E-state index in [1.165, 1.54) is 11.3 Å². The summed E-state index contributed by atoms with van der Waals surface area (Å²) in [6.07, 6.45) is 0. The van der Waals surface area contributed by atoms with Gasteiger partial charge in [0.15, 0.2) is 0 Å². The predicted octanol–water partition coefficient (Wildman–Crippen LogP) is 3.93. The number of amides is 1. The van der Waals surface area contributed by atoms with Crippen LogP contribution in [0.2, 0.25) is 0 Å². The van der Waals surface area contributed by atoms with Crippen molar-refractivity contribution < 1.29 is 14.3 Å². The van der Waals surface area contributed by atoms with Gasteiger partial charge in [-0.25, -0.2) is 4.79 Å². The fourth-order valence-electron chi connectivity index (χ4n) is 1.75. The standard InChI is InChI=1S/C15H14BrNO3S/c1-2-20-15(19)11-8-12(10-6-4-3-5-7-10)21-14(11)17-13(18)9-16/h3-8H,2,9H2,1H3,(H,17,18). The van der Waals surface area contributed by atoms with Gasteiger partial charge in [0.25, 0.3) is 0 Å². The smallest absolute Gasteiger partial charge is 0.341 e. The third kappa shape index (κ3) is 3.92. The maximum Gasteiger partial charge on any atom is 0.341 e. The van der Waals surface area contributed by atoms with Gasteiger partial charge >= 0.3 is 5.97 Å². The molecule has 0 saturated heterocycles. The Balaban J connectivity index is 2.39. The van der Waals surface area contributed by atoms with E-state index in [1.807, 2.05) is 30.3 Å². The first kappa shape index (κ1) is 15.7. The Morgan fingerprint density at radius 1 is 1.29 bits per heavy atom. The number of halogens is 1. The molecule has 0 saturated carbocycles. The highest BCUT2D eigenvalue weighted by Crippen LogP contribution is 2.35. The van der Waals surface area contributed by atoms with Crippen LogP contribution in [0.15, 0.2) is 36.4 Å². The van der Waals surface area contributed by atoms with Crippen molar-refractivity contribution in [2.45, 2.75) is 6.92 Å². The van der Waals surface area contributed by atoms with E-state index in [4.69, 9.17) is 4.74 Å². The number of alkyl halides is 1. The minimum absolute atomic E-state index is 0.174. The lowest BCUT2D eigenvalue weighted by molar-refractivity contribution is -0.113. The maximum absolute atomic E-state index is 12.0. The lowest BCUT2D eigenvalue weighted by Crippen LogP contribution is -2.14. The molecule has 2 rings (SSSR count). The number of hydrogen-bond acceptors (Lipinski definition) is 4. The van der Waals surface area contributed by atoms with E-state index in [0.717, 1.165) is 10.4 Å². The summed E-state index contributed by atoms with van der Waals surface area (Å²) in [6.45, 7) is 2.04. The number of rotatable bonds is 5. The third-order valence-corrected chi connectivity index (χ3v) is 4.27. The second-order valence-corrected chi connectivity index (χ2v) is 5.73. The lowest BCUT2D eigenvalue weighted by Gasteiger charge is -2.03. The molecule has 0 bridgehead atoms. The van der Waals surface area contributed by atoms with Gasteiger partial charge in [0, 0.05) is 4.88 Å². The summed E-state index contributed by atoms with van der Waals surface area (Å²) in [6, 6.07) is 11.4. The quantitative estimate of drug-likeness (QED) is 0.643. The summed E-state index contributed by atoms with van der Waals surface area (Å²) < 4.78 is 5.04. The molecule has 0 aliphatic carbocycles. The van der Waals surface area contributed by atoms with E-state index in [0.29, 0.717) is 17.2 Å². The van der Waals surface area contributed by atoms with Crippen LogP contribution in [0.25, 0.3) is 10.4 Å². The van der Waals surface area contributed by atoms with Gasteiger partial charge in [-0.1, -0.05) is 46.3 Å². The summed E-state index contributed by atoms with van der Waals surface area (Å²) in [7, 11) is 0. The fraction of sp³-hybridized carbons (Fsp3) is 0.200. The van der Waals surface area contributed by atoms with Crippen LogP contribution in [0, 0.1) is 0 Å². The molecule has 4 nitrogen and oxygen atoms in total. The van der Waals surface area contributed by atoms with Crippen LogP contribution in [-0.4, -0.2) is 23.8 Å². The molecule has 0 radical (unpaired) electrons. The van der Waals surface area contributed by atoms with E-state index >= 15 is 0 Å². The number of thiophene rings is 1. The molecule has 1 aromatic carbocycles. The Morgan fingerprint density at radius 3 is 2.62 bits per heavy atom. The molecule has 0 fully saturated rings. The van der Waals surface area contributed by atoms with Crippen LogP contribution in [0.3, 0.4) is 0 Å². The second-order valence-electron chi connectivity index (χ2n) is 4.12. The molecule has 6 heteroatoms. The molecule has 1 heterocycles. The monoisotopic (exact) mass is 367 g/mol. The van der Waals surface area contributed by atoms with Crippen LogP contribution in [-0.2, 0) is 9.53 Å². The summed E-state index contributed by atoms with van der Waals surface area (Å²) in [5, 5.41) is 3.41. The zero-order chi connectivity index (χ0) is 15.2. The van der Waals surface area contributed by atoms with Crippen LogP contribution in [0.4, 0.5) is 5.00 Å². The highest BCUT2D eigenvalue weighted by atomic mass is 79.9. The van der Waals surface area contributed by atoms with Gasteiger partial charge in [-0.2, -0.15) is 0 Å². The minimum atomic E-state index is -0.430. The molecule has 0 unspecified atom stereocenters.